The van der Waals surface area contributed by atoms with Crippen molar-refractivity contribution in [3.8, 4) is 0 Å². The molecule has 15 heavy (non-hydrogen) atoms. The van der Waals surface area contributed by atoms with Crippen LogP contribution in [-0.2, 0) is 4.74 Å². The summed E-state index contributed by atoms with van der Waals surface area (Å²) in [5.41, 5.74) is 1.55. The molecule has 0 heterocycles. The van der Waals surface area contributed by atoms with Crippen molar-refractivity contribution in [1.82, 2.24) is 0 Å². The van der Waals surface area contributed by atoms with Crippen molar-refractivity contribution in [3.63, 3.8) is 0 Å². The molecule has 0 amide bonds. The zero-order valence-electron chi connectivity index (χ0n) is 10.1. The van der Waals surface area contributed by atoms with Crippen LogP contribution >= 0.6 is 0 Å². The summed E-state index contributed by atoms with van der Waals surface area (Å²) >= 11 is 0. The maximum Gasteiger partial charge on any atom is 0.0938 e. The lowest BCUT2D eigenvalue weighted by Crippen LogP contribution is -2.18. The van der Waals surface area contributed by atoms with Gasteiger partial charge in [-0.2, -0.15) is 0 Å². The third-order valence-electron chi connectivity index (χ3n) is 3.47. The topological polar surface area (TPSA) is 9.23 Å². The maximum atomic E-state index is 6.04. The molecule has 1 heteroatoms. The Bertz CT molecular complexity index is 288. The van der Waals surface area contributed by atoms with Crippen LogP contribution in [-0.4, -0.2) is 12.2 Å². The number of hydrogen-bond donors (Lipinski definition) is 0. The van der Waals surface area contributed by atoms with E-state index < -0.39 is 0 Å². The standard InChI is InChI=1S/C14H22O/c1-4-5-8-15-14-9-12(11(2)3)6-7-13(14)10-14/h6-7,9,11,13H,4-5,8,10H2,1-3H3. The van der Waals surface area contributed by atoms with E-state index in [9.17, 15) is 0 Å². The van der Waals surface area contributed by atoms with Crippen LogP contribution in [0.25, 0.3) is 0 Å². The van der Waals surface area contributed by atoms with Gasteiger partial charge in [-0.25, -0.2) is 0 Å². The fraction of sp³-hybridized carbons (Fsp3) is 0.714. The van der Waals surface area contributed by atoms with E-state index >= 15 is 0 Å². The first-order chi connectivity index (χ1) is 7.18. The largest absolute Gasteiger partial charge is 0.370 e. The summed E-state index contributed by atoms with van der Waals surface area (Å²) in [5.74, 6) is 1.28. The highest BCUT2D eigenvalue weighted by Gasteiger charge is 2.53. The summed E-state index contributed by atoms with van der Waals surface area (Å²) in [7, 11) is 0. The van der Waals surface area contributed by atoms with E-state index in [2.05, 4.69) is 39.0 Å². The molecular formula is C14H22O. The fourth-order valence-electron chi connectivity index (χ4n) is 2.21. The molecule has 0 saturated heterocycles. The third kappa shape index (κ3) is 2.17. The lowest BCUT2D eigenvalue weighted by molar-refractivity contribution is 0.0561. The van der Waals surface area contributed by atoms with Crippen molar-refractivity contribution in [3.05, 3.63) is 23.8 Å². The summed E-state index contributed by atoms with van der Waals surface area (Å²) in [6.07, 6.45) is 10.6. The second-order valence-electron chi connectivity index (χ2n) is 5.13. The van der Waals surface area contributed by atoms with Crippen LogP contribution in [0.15, 0.2) is 23.8 Å². The molecule has 0 radical (unpaired) electrons. The minimum Gasteiger partial charge on any atom is -0.370 e. The molecule has 2 aliphatic rings. The zero-order chi connectivity index (χ0) is 10.9. The van der Waals surface area contributed by atoms with Crippen LogP contribution in [0.3, 0.4) is 0 Å². The normalized spacial score (nSPS) is 32.8. The fourth-order valence-corrected chi connectivity index (χ4v) is 2.21. The number of fused-ring (bicyclic) bond motifs is 1. The Morgan fingerprint density at radius 2 is 2.33 bits per heavy atom. The van der Waals surface area contributed by atoms with Crippen LogP contribution in [0.4, 0.5) is 0 Å². The highest BCUT2D eigenvalue weighted by Crippen LogP contribution is 2.52. The quantitative estimate of drug-likeness (QED) is 0.623. The van der Waals surface area contributed by atoms with Gasteiger partial charge in [-0.15, -0.1) is 0 Å². The predicted octanol–water partition coefficient (Wildman–Crippen LogP) is 3.71. The second-order valence-corrected chi connectivity index (χ2v) is 5.13. The van der Waals surface area contributed by atoms with Crippen molar-refractivity contribution in [2.24, 2.45) is 11.8 Å². The number of rotatable bonds is 5. The monoisotopic (exact) mass is 206 g/mol. The molecule has 2 rings (SSSR count). The molecule has 2 atom stereocenters. The minimum absolute atomic E-state index is 0.101. The van der Waals surface area contributed by atoms with E-state index in [1.165, 1.54) is 24.8 Å². The highest BCUT2D eigenvalue weighted by atomic mass is 16.5. The number of unbranched alkanes of at least 4 members (excludes halogenated alkanes) is 1. The van der Waals surface area contributed by atoms with Gasteiger partial charge in [0.1, 0.15) is 0 Å². The Morgan fingerprint density at radius 3 is 3.00 bits per heavy atom. The maximum absolute atomic E-state index is 6.04. The molecule has 0 aromatic rings. The van der Waals surface area contributed by atoms with Gasteiger partial charge >= 0.3 is 0 Å². The lowest BCUT2D eigenvalue weighted by atomic mass is 9.96. The van der Waals surface area contributed by atoms with Gasteiger partial charge in [-0.05, 0) is 30.4 Å². The molecular weight excluding hydrogens is 184 g/mol. The van der Waals surface area contributed by atoms with Gasteiger partial charge < -0.3 is 4.74 Å². The van der Waals surface area contributed by atoms with Gasteiger partial charge in [-0.3, -0.25) is 0 Å². The Morgan fingerprint density at radius 1 is 1.53 bits per heavy atom. The molecule has 1 fully saturated rings. The molecule has 2 unspecified atom stereocenters. The summed E-state index contributed by atoms with van der Waals surface area (Å²) in [5, 5.41) is 0. The van der Waals surface area contributed by atoms with Crippen molar-refractivity contribution in [1.29, 1.82) is 0 Å². The SMILES string of the molecule is CCCCOC12C=C(C(C)C)C=CC1C2. The summed E-state index contributed by atoms with van der Waals surface area (Å²) in [6, 6.07) is 0. The van der Waals surface area contributed by atoms with E-state index in [0.717, 1.165) is 6.61 Å². The Balaban J connectivity index is 1.97. The average Bonchev–Trinajstić information content (AvgIpc) is 2.91. The Labute approximate surface area is 93.2 Å². The second kappa shape index (κ2) is 4.13. The Hall–Kier alpha value is -0.560. The van der Waals surface area contributed by atoms with Gasteiger partial charge in [0.25, 0.3) is 0 Å². The van der Waals surface area contributed by atoms with Crippen molar-refractivity contribution in [2.45, 2.75) is 45.6 Å². The van der Waals surface area contributed by atoms with Crippen molar-refractivity contribution in [2.75, 3.05) is 6.61 Å². The van der Waals surface area contributed by atoms with Crippen LogP contribution in [0.5, 0.6) is 0 Å². The molecule has 0 aromatic heterocycles. The smallest absolute Gasteiger partial charge is 0.0938 e. The third-order valence-corrected chi connectivity index (χ3v) is 3.47. The van der Waals surface area contributed by atoms with E-state index in [-0.39, 0.29) is 5.60 Å². The summed E-state index contributed by atoms with van der Waals surface area (Å²) in [4.78, 5) is 0. The first-order valence-electron chi connectivity index (χ1n) is 6.23. The van der Waals surface area contributed by atoms with Crippen LogP contribution in [0.1, 0.15) is 40.0 Å². The number of allylic oxidation sites excluding steroid dienone is 2. The van der Waals surface area contributed by atoms with Gasteiger partial charge in [0.05, 0.1) is 5.60 Å². The van der Waals surface area contributed by atoms with Crippen molar-refractivity contribution < 1.29 is 4.74 Å². The molecule has 0 aliphatic heterocycles. The molecule has 0 aromatic carbocycles. The van der Waals surface area contributed by atoms with E-state index in [1.54, 1.807) is 0 Å². The van der Waals surface area contributed by atoms with E-state index in [0.29, 0.717) is 11.8 Å². The number of hydrogen-bond acceptors (Lipinski definition) is 1. The first kappa shape index (κ1) is 10.9. The van der Waals surface area contributed by atoms with Gasteiger partial charge in [-0.1, -0.05) is 39.3 Å². The molecule has 2 aliphatic carbocycles. The Kier molecular flexibility index (Phi) is 3.01. The number of ether oxygens (including phenoxy) is 1. The van der Waals surface area contributed by atoms with Crippen LogP contribution in [0.2, 0.25) is 0 Å². The zero-order valence-corrected chi connectivity index (χ0v) is 10.1. The van der Waals surface area contributed by atoms with E-state index in [1.807, 2.05) is 0 Å². The molecule has 0 bridgehead atoms. The molecule has 84 valence electrons. The first-order valence-corrected chi connectivity index (χ1v) is 6.23. The summed E-state index contributed by atoms with van der Waals surface area (Å²) < 4.78 is 6.04. The molecule has 1 saturated carbocycles. The van der Waals surface area contributed by atoms with Gasteiger partial charge in [0.2, 0.25) is 0 Å². The molecule has 1 nitrogen and oxygen atoms in total. The van der Waals surface area contributed by atoms with E-state index in [4.69, 9.17) is 4.74 Å². The lowest BCUT2D eigenvalue weighted by Gasteiger charge is -2.20. The molecule has 0 N–H and O–H groups in total. The summed E-state index contributed by atoms with van der Waals surface area (Å²) in [6.45, 7) is 7.63. The molecule has 0 spiro atoms. The van der Waals surface area contributed by atoms with Gasteiger partial charge in [0.15, 0.2) is 0 Å². The van der Waals surface area contributed by atoms with Crippen LogP contribution in [0, 0.1) is 11.8 Å². The van der Waals surface area contributed by atoms with Gasteiger partial charge in [0, 0.05) is 12.5 Å². The van der Waals surface area contributed by atoms with Crippen LogP contribution < -0.4 is 0 Å². The predicted molar refractivity (Wildman–Crippen MR) is 63.8 cm³/mol. The minimum atomic E-state index is 0.101. The van der Waals surface area contributed by atoms with Crippen molar-refractivity contribution >= 4 is 0 Å². The average molecular weight is 206 g/mol. The highest BCUT2D eigenvalue weighted by molar-refractivity contribution is 5.39.